The number of amides is 1. The molecule has 1 heterocycles. The average molecular weight is 281 g/mol. The van der Waals surface area contributed by atoms with Crippen LogP contribution in [0.5, 0.6) is 0 Å². The van der Waals surface area contributed by atoms with Crippen LogP contribution >= 0.6 is 11.3 Å². The Bertz CT molecular complexity index is 505. The van der Waals surface area contributed by atoms with E-state index in [4.69, 9.17) is 0 Å². The summed E-state index contributed by atoms with van der Waals surface area (Å²) in [6, 6.07) is 0. The van der Waals surface area contributed by atoms with Gasteiger partial charge in [0, 0.05) is 10.8 Å². The lowest BCUT2D eigenvalue weighted by atomic mass is 10.1. The van der Waals surface area contributed by atoms with Crippen LogP contribution in [0.4, 0.5) is 5.00 Å². The first kappa shape index (κ1) is 14.1. The van der Waals surface area contributed by atoms with E-state index in [1.54, 1.807) is 13.8 Å². The molecule has 0 unspecified atom stereocenters. The maximum absolute atomic E-state index is 11.8. The maximum Gasteiger partial charge on any atom is 0.339 e. The van der Waals surface area contributed by atoms with Crippen molar-refractivity contribution in [1.82, 2.24) is 0 Å². The lowest BCUT2D eigenvalue weighted by Gasteiger charge is -2.07. The zero-order valence-electron chi connectivity index (χ0n) is 11.3. The van der Waals surface area contributed by atoms with Crippen molar-refractivity contribution in [1.29, 1.82) is 0 Å². The number of aromatic carboxylic acids is 1. The van der Waals surface area contributed by atoms with E-state index in [-0.39, 0.29) is 11.8 Å². The topological polar surface area (TPSA) is 66.4 Å². The second-order valence-corrected chi connectivity index (χ2v) is 6.32. The third-order valence-electron chi connectivity index (χ3n) is 3.40. The van der Waals surface area contributed by atoms with Gasteiger partial charge in [0.05, 0.1) is 5.56 Å². The van der Waals surface area contributed by atoms with Gasteiger partial charge in [-0.2, -0.15) is 0 Å². The fourth-order valence-electron chi connectivity index (χ4n) is 2.31. The van der Waals surface area contributed by atoms with Crippen LogP contribution in [0.2, 0.25) is 0 Å². The summed E-state index contributed by atoms with van der Waals surface area (Å²) in [5.41, 5.74) is 1.25. The molecular weight excluding hydrogens is 262 g/mol. The number of carbonyl (C=O) groups excluding carboxylic acids is 1. The fourth-order valence-corrected chi connectivity index (χ4v) is 3.60. The number of hydrogen-bond donors (Lipinski definition) is 2. The molecule has 1 aromatic heterocycles. The summed E-state index contributed by atoms with van der Waals surface area (Å²) >= 11 is 1.44. The van der Waals surface area contributed by atoms with Crippen LogP contribution in [0.15, 0.2) is 0 Å². The lowest BCUT2D eigenvalue weighted by molar-refractivity contribution is -0.118. The summed E-state index contributed by atoms with van der Waals surface area (Å²) < 4.78 is 0. The highest BCUT2D eigenvalue weighted by Crippen LogP contribution is 2.37. The minimum Gasteiger partial charge on any atom is -0.478 e. The molecule has 0 fully saturated rings. The van der Waals surface area contributed by atoms with E-state index in [0.29, 0.717) is 10.6 Å². The van der Waals surface area contributed by atoms with Crippen LogP contribution < -0.4 is 5.32 Å². The van der Waals surface area contributed by atoms with Crippen molar-refractivity contribution in [2.24, 2.45) is 5.92 Å². The molecule has 5 heteroatoms. The Balaban J connectivity index is 2.38. The first-order chi connectivity index (χ1) is 9.00. The normalized spacial score (nSPS) is 14.9. The number of carboxylic acids is 1. The second kappa shape index (κ2) is 5.74. The van der Waals surface area contributed by atoms with Gasteiger partial charge in [0.2, 0.25) is 5.91 Å². The summed E-state index contributed by atoms with van der Waals surface area (Å²) in [7, 11) is 0. The number of fused-ring (bicyclic) bond motifs is 1. The maximum atomic E-state index is 11.8. The van der Waals surface area contributed by atoms with Crippen LogP contribution in [0, 0.1) is 5.92 Å². The van der Waals surface area contributed by atoms with Crippen LogP contribution in [0.25, 0.3) is 0 Å². The van der Waals surface area contributed by atoms with E-state index >= 15 is 0 Å². The Morgan fingerprint density at radius 3 is 2.53 bits per heavy atom. The van der Waals surface area contributed by atoms with Gasteiger partial charge in [0.25, 0.3) is 0 Å². The number of carboxylic acid groups (broad SMARTS) is 1. The first-order valence-corrected chi connectivity index (χ1v) is 7.51. The molecule has 0 atom stereocenters. The Morgan fingerprint density at radius 2 is 1.89 bits per heavy atom. The minimum absolute atomic E-state index is 0.126. The van der Waals surface area contributed by atoms with Crippen molar-refractivity contribution in [3.05, 3.63) is 16.0 Å². The highest BCUT2D eigenvalue weighted by Gasteiger charge is 2.25. The lowest BCUT2D eigenvalue weighted by Crippen LogP contribution is -2.18. The monoisotopic (exact) mass is 281 g/mol. The summed E-state index contributed by atoms with van der Waals surface area (Å²) in [5, 5.41) is 12.7. The molecule has 0 saturated carbocycles. The van der Waals surface area contributed by atoms with Crippen LogP contribution in [0.1, 0.15) is 53.9 Å². The van der Waals surface area contributed by atoms with E-state index in [2.05, 4.69) is 5.32 Å². The molecule has 2 rings (SSSR count). The number of anilines is 1. The van der Waals surface area contributed by atoms with E-state index in [1.807, 2.05) is 0 Å². The molecular formula is C14H19NO3S. The van der Waals surface area contributed by atoms with Gasteiger partial charge in [-0.3, -0.25) is 4.79 Å². The predicted molar refractivity (Wildman–Crippen MR) is 76.0 cm³/mol. The number of hydrogen-bond acceptors (Lipinski definition) is 3. The van der Waals surface area contributed by atoms with Crippen LogP contribution in [-0.2, 0) is 17.6 Å². The fraction of sp³-hybridized carbons (Fsp3) is 0.571. The van der Waals surface area contributed by atoms with Crippen molar-refractivity contribution in [3.63, 3.8) is 0 Å². The zero-order valence-corrected chi connectivity index (χ0v) is 12.1. The summed E-state index contributed by atoms with van der Waals surface area (Å²) in [4.78, 5) is 24.4. The number of carbonyl (C=O) groups is 2. The molecule has 0 aliphatic heterocycles. The standard InChI is InChI=1S/C14H19NO3S/c1-8(2)12(16)15-13-11(14(17)18)9-6-4-3-5-7-10(9)19-13/h8H,3-7H2,1-2H3,(H,15,16)(H,17,18). The van der Waals surface area contributed by atoms with Gasteiger partial charge in [0.1, 0.15) is 5.00 Å². The number of aryl methyl sites for hydroxylation is 1. The van der Waals surface area contributed by atoms with Gasteiger partial charge in [0.15, 0.2) is 0 Å². The smallest absolute Gasteiger partial charge is 0.339 e. The van der Waals surface area contributed by atoms with Crippen molar-refractivity contribution >= 4 is 28.2 Å². The molecule has 0 aromatic carbocycles. The largest absolute Gasteiger partial charge is 0.478 e. The highest BCUT2D eigenvalue weighted by molar-refractivity contribution is 7.17. The minimum atomic E-state index is -0.932. The molecule has 1 aliphatic rings. The summed E-state index contributed by atoms with van der Waals surface area (Å²) in [6.07, 6.45) is 5.02. The van der Waals surface area contributed by atoms with Gasteiger partial charge < -0.3 is 10.4 Å². The molecule has 1 aliphatic carbocycles. The zero-order chi connectivity index (χ0) is 14.0. The highest BCUT2D eigenvalue weighted by atomic mass is 32.1. The Morgan fingerprint density at radius 1 is 1.21 bits per heavy atom. The molecule has 104 valence electrons. The van der Waals surface area contributed by atoms with Crippen molar-refractivity contribution in [2.75, 3.05) is 5.32 Å². The molecule has 4 nitrogen and oxygen atoms in total. The molecule has 2 N–H and O–H groups in total. The molecule has 1 aromatic rings. The Labute approximate surface area is 116 Å². The van der Waals surface area contributed by atoms with E-state index in [0.717, 1.165) is 42.5 Å². The Kier molecular flexibility index (Phi) is 4.24. The third-order valence-corrected chi connectivity index (χ3v) is 4.60. The molecule has 1 amide bonds. The van der Waals surface area contributed by atoms with E-state index < -0.39 is 5.97 Å². The molecule has 0 radical (unpaired) electrons. The van der Waals surface area contributed by atoms with Gasteiger partial charge >= 0.3 is 5.97 Å². The quantitative estimate of drug-likeness (QED) is 0.835. The van der Waals surface area contributed by atoms with Crippen LogP contribution in [0.3, 0.4) is 0 Å². The van der Waals surface area contributed by atoms with Gasteiger partial charge in [-0.05, 0) is 31.2 Å². The SMILES string of the molecule is CC(C)C(=O)Nc1sc2c(c1C(=O)O)CCCCC2. The molecule has 0 spiro atoms. The van der Waals surface area contributed by atoms with Gasteiger partial charge in [-0.15, -0.1) is 11.3 Å². The molecule has 0 saturated heterocycles. The van der Waals surface area contributed by atoms with Crippen molar-refractivity contribution in [3.8, 4) is 0 Å². The van der Waals surface area contributed by atoms with E-state index in [9.17, 15) is 14.7 Å². The summed E-state index contributed by atoms with van der Waals surface area (Å²) in [5.74, 6) is -1.21. The first-order valence-electron chi connectivity index (χ1n) is 6.69. The summed E-state index contributed by atoms with van der Waals surface area (Å²) in [6.45, 7) is 3.60. The van der Waals surface area contributed by atoms with Crippen LogP contribution in [-0.4, -0.2) is 17.0 Å². The number of rotatable bonds is 3. The number of thiophene rings is 1. The van der Waals surface area contributed by atoms with E-state index in [1.165, 1.54) is 11.3 Å². The van der Waals surface area contributed by atoms with Gasteiger partial charge in [-0.25, -0.2) is 4.79 Å². The molecule has 19 heavy (non-hydrogen) atoms. The van der Waals surface area contributed by atoms with Gasteiger partial charge in [-0.1, -0.05) is 20.3 Å². The van der Waals surface area contributed by atoms with Crippen molar-refractivity contribution < 1.29 is 14.7 Å². The Hall–Kier alpha value is -1.36. The second-order valence-electron chi connectivity index (χ2n) is 5.22. The number of nitrogens with one attached hydrogen (secondary N) is 1. The average Bonchev–Trinajstić information content (AvgIpc) is 2.51. The predicted octanol–water partition coefficient (Wildman–Crippen LogP) is 3.31. The molecule has 0 bridgehead atoms. The third kappa shape index (κ3) is 2.97. The van der Waals surface area contributed by atoms with Crippen molar-refractivity contribution in [2.45, 2.75) is 46.0 Å².